The summed E-state index contributed by atoms with van der Waals surface area (Å²) >= 11 is 0. The van der Waals surface area contributed by atoms with Crippen LogP contribution in [0.1, 0.15) is 23.2 Å². The van der Waals surface area contributed by atoms with E-state index in [0.29, 0.717) is 12.2 Å². The van der Waals surface area contributed by atoms with Gasteiger partial charge < -0.3 is 10.1 Å². The number of nitrogens with zero attached hydrogens (tertiary/aromatic N) is 2. The number of imidazole rings is 1. The van der Waals surface area contributed by atoms with E-state index in [4.69, 9.17) is 5.11 Å². The van der Waals surface area contributed by atoms with Crippen molar-refractivity contribution in [3.63, 3.8) is 0 Å². The first-order valence-electron chi connectivity index (χ1n) is 5.69. The summed E-state index contributed by atoms with van der Waals surface area (Å²) in [4.78, 5) is 21.1. The number of carboxylic acids is 1. The lowest BCUT2D eigenvalue weighted by Crippen LogP contribution is -2.16. The molecule has 0 saturated carbocycles. The average Bonchev–Trinajstić information content (AvgIpc) is 2.88. The number of carbonyl (C=O) groups is 1. The second-order valence-corrected chi connectivity index (χ2v) is 5.51. The first-order chi connectivity index (χ1) is 9.44. The van der Waals surface area contributed by atoms with Gasteiger partial charge in [-0.1, -0.05) is 6.92 Å². The maximum Gasteiger partial charge on any atom is 0.356 e. The summed E-state index contributed by atoms with van der Waals surface area (Å²) in [6.45, 7) is 1.83. The number of rotatable bonds is 5. The first-order valence-corrected chi connectivity index (χ1v) is 7.17. The van der Waals surface area contributed by atoms with E-state index in [0.717, 1.165) is 0 Å². The molecular weight excluding hydrogens is 284 g/mol. The number of carboxylic acid groups (broad SMARTS) is 1. The number of H-pyrrole nitrogens is 1. The van der Waals surface area contributed by atoms with Gasteiger partial charge in [0.1, 0.15) is 5.82 Å². The Morgan fingerprint density at radius 1 is 1.45 bits per heavy atom. The number of aromatic amines is 1. The number of sulfonamides is 1. The molecule has 2 aromatic heterocycles. The third-order valence-electron chi connectivity index (χ3n) is 2.48. The van der Waals surface area contributed by atoms with Gasteiger partial charge in [0.2, 0.25) is 0 Å². The molecule has 8 nitrogen and oxygen atoms in total. The number of aryl methyl sites for hydroxylation is 1. The molecule has 0 unspecified atom stereocenters. The summed E-state index contributed by atoms with van der Waals surface area (Å²) in [6.07, 6.45) is 3.01. The number of nitrogens with one attached hydrogen (secondary N) is 2. The van der Waals surface area contributed by atoms with E-state index in [9.17, 15) is 13.2 Å². The van der Waals surface area contributed by atoms with Gasteiger partial charge in [-0.2, -0.15) is 8.42 Å². The fourth-order valence-electron chi connectivity index (χ4n) is 1.52. The van der Waals surface area contributed by atoms with Crippen molar-refractivity contribution in [1.82, 2.24) is 15.0 Å². The summed E-state index contributed by atoms with van der Waals surface area (Å²) in [5.41, 5.74) is -0.473. The van der Waals surface area contributed by atoms with Gasteiger partial charge in [-0.05, 0) is 12.1 Å². The van der Waals surface area contributed by atoms with Crippen molar-refractivity contribution in [3.05, 3.63) is 36.0 Å². The molecule has 2 heterocycles. The maximum atomic E-state index is 12.1. The van der Waals surface area contributed by atoms with E-state index in [2.05, 4.69) is 19.7 Å². The molecule has 0 fully saturated rings. The molecule has 20 heavy (non-hydrogen) atoms. The fourth-order valence-corrected chi connectivity index (χ4v) is 2.53. The van der Waals surface area contributed by atoms with Gasteiger partial charge in [0.05, 0.1) is 11.9 Å². The number of hydrogen-bond acceptors (Lipinski definition) is 5. The van der Waals surface area contributed by atoms with Gasteiger partial charge in [0.25, 0.3) is 10.0 Å². The minimum atomic E-state index is -3.93. The number of aromatic carboxylic acids is 1. The summed E-state index contributed by atoms with van der Waals surface area (Å²) in [7, 11) is -3.93. The molecule has 2 aromatic rings. The molecule has 2 rings (SSSR count). The Morgan fingerprint density at radius 3 is 2.80 bits per heavy atom. The number of hydrogen-bond donors (Lipinski definition) is 3. The SMILES string of the molecule is CCc1ncc(S(=O)(=O)Nc2cccnc2C(=O)O)[nH]1. The predicted molar refractivity (Wildman–Crippen MR) is 70.0 cm³/mol. The molecule has 3 N–H and O–H groups in total. The quantitative estimate of drug-likeness (QED) is 0.751. The minimum absolute atomic E-state index is 0.104. The highest BCUT2D eigenvalue weighted by atomic mass is 32.2. The standard InChI is InChI=1S/C11H12N4O4S/c1-2-8-13-6-9(14-8)20(18,19)15-7-4-3-5-12-10(7)11(16)17/h3-6,15H,2H2,1H3,(H,13,14)(H,16,17). The average molecular weight is 296 g/mol. The number of aromatic nitrogens is 3. The highest BCUT2D eigenvalue weighted by molar-refractivity contribution is 7.92. The Hall–Kier alpha value is -2.42. The Bertz CT molecular complexity index is 738. The summed E-state index contributed by atoms with van der Waals surface area (Å²) in [5, 5.41) is 8.83. The zero-order valence-corrected chi connectivity index (χ0v) is 11.3. The second-order valence-electron chi connectivity index (χ2n) is 3.86. The molecule has 0 spiro atoms. The predicted octanol–water partition coefficient (Wildman–Crippen LogP) is 0.866. The van der Waals surface area contributed by atoms with Gasteiger partial charge in [-0.15, -0.1) is 0 Å². The highest BCUT2D eigenvalue weighted by Crippen LogP contribution is 2.17. The van der Waals surface area contributed by atoms with E-state index in [1.54, 1.807) is 0 Å². The lowest BCUT2D eigenvalue weighted by Gasteiger charge is -2.07. The van der Waals surface area contributed by atoms with E-state index >= 15 is 0 Å². The molecule has 0 radical (unpaired) electrons. The Morgan fingerprint density at radius 2 is 2.20 bits per heavy atom. The molecule has 0 aliphatic rings. The molecule has 0 aromatic carbocycles. The van der Waals surface area contributed by atoms with Crippen LogP contribution in [0.5, 0.6) is 0 Å². The van der Waals surface area contributed by atoms with E-state index in [-0.39, 0.29) is 16.4 Å². The summed E-state index contributed by atoms with van der Waals surface area (Å²) < 4.78 is 26.4. The van der Waals surface area contributed by atoms with E-state index in [1.165, 1.54) is 24.5 Å². The summed E-state index contributed by atoms with van der Waals surface area (Å²) in [5.74, 6) is -0.794. The zero-order chi connectivity index (χ0) is 14.8. The Labute approximate surface area is 114 Å². The fraction of sp³-hybridized carbons (Fsp3) is 0.182. The molecule has 0 atom stereocenters. The van der Waals surface area contributed by atoms with Crippen LogP contribution in [0.2, 0.25) is 0 Å². The third kappa shape index (κ3) is 2.77. The van der Waals surface area contributed by atoms with Gasteiger partial charge in [0, 0.05) is 12.6 Å². The van der Waals surface area contributed by atoms with Crippen LogP contribution >= 0.6 is 0 Å². The normalized spacial score (nSPS) is 11.2. The molecule has 0 aliphatic heterocycles. The van der Waals surface area contributed by atoms with Crippen molar-refractivity contribution in [2.45, 2.75) is 18.4 Å². The monoisotopic (exact) mass is 296 g/mol. The van der Waals surface area contributed by atoms with Crippen LogP contribution in [0, 0.1) is 0 Å². The van der Waals surface area contributed by atoms with Crippen molar-refractivity contribution in [2.75, 3.05) is 4.72 Å². The van der Waals surface area contributed by atoms with Crippen LogP contribution in [-0.2, 0) is 16.4 Å². The molecular formula is C11H12N4O4S. The van der Waals surface area contributed by atoms with Gasteiger partial charge in [0.15, 0.2) is 10.7 Å². The molecule has 9 heteroatoms. The molecule has 0 aliphatic carbocycles. The van der Waals surface area contributed by atoms with Gasteiger partial charge in [-0.3, -0.25) is 4.72 Å². The van der Waals surface area contributed by atoms with Crippen LogP contribution in [0.3, 0.4) is 0 Å². The van der Waals surface area contributed by atoms with Gasteiger partial charge in [-0.25, -0.2) is 14.8 Å². The zero-order valence-electron chi connectivity index (χ0n) is 10.5. The second kappa shape index (κ2) is 5.29. The van der Waals surface area contributed by atoms with E-state index < -0.39 is 16.0 Å². The largest absolute Gasteiger partial charge is 0.476 e. The van der Waals surface area contributed by atoms with Crippen molar-refractivity contribution < 1.29 is 18.3 Å². The van der Waals surface area contributed by atoms with Crippen molar-refractivity contribution >= 4 is 21.7 Å². The molecule has 0 amide bonds. The molecule has 106 valence electrons. The van der Waals surface area contributed by atoms with Crippen molar-refractivity contribution in [3.8, 4) is 0 Å². The highest BCUT2D eigenvalue weighted by Gasteiger charge is 2.20. The van der Waals surface area contributed by atoms with Crippen LogP contribution in [-0.4, -0.2) is 34.4 Å². The van der Waals surface area contributed by atoms with E-state index in [1.807, 2.05) is 6.92 Å². The van der Waals surface area contributed by atoms with Crippen LogP contribution < -0.4 is 4.72 Å². The molecule has 0 saturated heterocycles. The smallest absolute Gasteiger partial charge is 0.356 e. The molecule has 0 bridgehead atoms. The summed E-state index contributed by atoms with van der Waals surface area (Å²) in [6, 6.07) is 2.76. The lowest BCUT2D eigenvalue weighted by atomic mass is 10.3. The topological polar surface area (TPSA) is 125 Å². The van der Waals surface area contributed by atoms with Crippen LogP contribution in [0.15, 0.2) is 29.6 Å². The minimum Gasteiger partial charge on any atom is -0.476 e. The maximum absolute atomic E-state index is 12.1. The van der Waals surface area contributed by atoms with Crippen molar-refractivity contribution in [1.29, 1.82) is 0 Å². The number of anilines is 1. The first kappa shape index (κ1) is 14.0. The Kier molecular flexibility index (Phi) is 3.70. The lowest BCUT2D eigenvalue weighted by molar-refractivity contribution is 0.0692. The third-order valence-corrected chi connectivity index (χ3v) is 3.76. The Balaban J connectivity index is 2.36. The number of pyridine rings is 1. The van der Waals surface area contributed by atoms with Crippen molar-refractivity contribution in [2.24, 2.45) is 0 Å². The van der Waals surface area contributed by atoms with Gasteiger partial charge >= 0.3 is 5.97 Å². The van der Waals surface area contributed by atoms with Crippen LogP contribution in [0.25, 0.3) is 0 Å². The van der Waals surface area contributed by atoms with Crippen LogP contribution in [0.4, 0.5) is 5.69 Å².